The number of H-pyrrole nitrogens is 1. The number of halogens is 3. The maximum absolute atomic E-state index is 12.9. The van der Waals surface area contributed by atoms with E-state index >= 15 is 0 Å². The van der Waals surface area contributed by atoms with Gasteiger partial charge in [-0.1, -0.05) is 31.2 Å². The minimum absolute atomic E-state index is 0.0714. The molecular formula is C15H14F3N3. The largest absolute Gasteiger partial charge is 0.416 e. The summed E-state index contributed by atoms with van der Waals surface area (Å²) >= 11 is 0. The van der Waals surface area contributed by atoms with Gasteiger partial charge < -0.3 is 10.7 Å². The van der Waals surface area contributed by atoms with E-state index in [1.807, 2.05) is 6.92 Å². The zero-order valence-electron chi connectivity index (χ0n) is 11.3. The third kappa shape index (κ3) is 2.41. The van der Waals surface area contributed by atoms with Gasteiger partial charge in [0.1, 0.15) is 11.3 Å². The molecule has 0 spiro atoms. The summed E-state index contributed by atoms with van der Waals surface area (Å²) in [6.45, 7) is 1.86. The molecule has 1 aromatic heterocycles. The molecule has 0 aliphatic heterocycles. The number of benzene rings is 1. The van der Waals surface area contributed by atoms with Gasteiger partial charge in [0.25, 0.3) is 0 Å². The predicted molar refractivity (Wildman–Crippen MR) is 75.7 cm³/mol. The van der Waals surface area contributed by atoms with Crippen LogP contribution in [0.3, 0.4) is 0 Å². The zero-order chi connectivity index (χ0) is 15.2. The summed E-state index contributed by atoms with van der Waals surface area (Å²) in [6, 6.07) is 5.30. The number of nitrogens with two attached hydrogens (primary N) is 1. The minimum Gasteiger partial charge on any atom is -0.397 e. The van der Waals surface area contributed by atoms with Gasteiger partial charge in [-0.15, -0.1) is 0 Å². The lowest BCUT2D eigenvalue weighted by Crippen LogP contribution is -2.18. The number of rotatable bonds is 1. The van der Waals surface area contributed by atoms with Crippen molar-refractivity contribution in [2.45, 2.75) is 19.0 Å². The first-order chi connectivity index (χ1) is 9.86. The number of anilines is 1. The molecule has 0 radical (unpaired) electrons. The van der Waals surface area contributed by atoms with Crippen LogP contribution in [0.4, 0.5) is 18.9 Å². The summed E-state index contributed by atoms with van der Waals surface area (Å²) in [7, 11) is 0. The van der Waals surface area contributed by atoms with Crippen LogP contribution in [0, 0.1) is 5.92 Å². The highest BCUT2D eigenvalue weighted by Gasteiger charge is 2.35. The topological polar surface area (TPSA) is 54.7 Å². The maximum atomic E-state index is 12.9. The van der Waals surface area contributed by atoms with E-state index < -0.39 is 17.7 Å². The number of hydrogen-bond donors (Lipinski definition) is 2. The molecule has 0 fully saturated rings. The Labute approximate surface area is 119 Å². The van der Waals surface area contributed by atoms with Gasteiger partial charge in [0.2, 0.25) is 0 Å². The van der Waals surface area contributed by atoms with Gasteiger partial charge in [-0.25, -0.2) is 4.98 Å². The Morgan fingerprint density at radius 1 is 1.29 bits per heavy atom. The molecule has 0 bridgehead atoms. The smallest absolute Gasteiger partial charge is 0.397 e. The molecule has 0 amide bonds. The SMILES string of the molecule is CC1C=CC(C(F)(F)F)=CC1c1nc2c(N)cccc2[nH]1. The lowest BCUT2D eigenvalue weighted by Gasteiger charge is -2.22. The van der Waals surface area contributed by atoms with Crippen LogP contribution in [-0.2, 0) is 0 Å². The van der Waals surface area contributed by atoms with Gasteiger partial charge in [-0.05, 0) is 18.1 Å². The molecule has 2 atom stereocenters. The van der Waals surface area contributed by atoms with Gasteiger partial charge in [-0.2, -0.15) is 13.2 Å². The quantitative estimate of drug-likeness (QED) is 0.783. The fourth-order valence-electron chi connectivity index (χ4n) is 2.52. The molecule has 3 nitrogen and oxygen atoms in total. The van der Waals surface area contributed by atoms with Crippen molar-refractivity contribution in [3.8, 4) is 0 Å². The van der Waals surface area contributed by atoms with E-state index in [1.165, 1.54) is 6.08 Å². The molecular weight excluding hydrogens is 279 g/mol. The van der Waals surface area contributed by atoms with Crippen molar-refractivity contribution in [3.63, 3.8) is 0 Å². The number of fused-ring (bicyclic) bond motifs is 1. The summed E-state index contributed by atoms with van der Waals surface area (Å²) in [5, 5.41) is 0. The summed E-state index contributed by atoms with van der Waals surface area (Å²) in [4.78, 5) is 7.45. The molecule has 21 heavy (non-hydrogen) atoms. The van der Waals surface area contributed by atoms with Crippen molar-refractivity contribution in [2.24, 2.45) is 5.92 Å². The second-order valence-corrected chi connectivity index (χ2v) is 5.23. The van der Waals surface area contributed by atoms with E-state index in [0.717, 1.165) is 11.6 Å². The Balaban J connectivity index is 2.06. The van der Waals surface area contributed by atoms with Crippen LogP contribution < -0.4 is 5.73 Å². The minimum atomic E-state index is -4.35. The Bertz CT molecular complexity index is 740. The van der Waals surface area contributed by atoms with E-state index in [4.69, 9.17) is 5.73 Å². The van der Waals surface area contributed by atoms with Crippen LogP contribution in [0.2, 0.25) is 0 Å². The van der Waals surface area contributed by atoms with Crippen LogP contribution >= 0.6 is 0 Å². The van der Waals surface area contributed by atoms with E-state index in [9.17, 15) is 13.2 Å². The summed E-state index contributed by atoms with van der Waals surface area (Å²) in [6.07, 6.45) is -0.444. The van der Waals surface area contributed by atoms with Crippen LogP contribution in [-0.4, -0.2) is 16.1 Å². The first-order valence-corrected chi connectivity index (χ1v) is 6.57. The van der Waals surface area contributed by atoms with Gasteiger partial charge in [-0.3, -0.25) is 0 Å². The van der Waals surface area contributed by atoms with Crippen molar-refractivity contribution < 1.29 is 13.2 Å². The van der Waals surface area contributed by atoms with Gasteiger partial charge in [0.15, 0.2) is 0 Å². The van der Waals surface area contributed by atoms with E-state index in [2.05, 4.69) is 9.97 Å². The standard InChI is InChI=1S/C15H14F3N3/c1-8-5-6-9(15(16,17)18)7-10(8)14-20-12-4-2-3-11(19)13(12)21-14/h2-8,10H,19H2,1H3,(H,20,21). The number of alkyl halides is 3. The van der Waals surface area contributed by atoms with Crippen LogP contribution in [0.1, 0.15) is 18.7 Å². The maximum Gasteiger partial charge on any atom is 0.416 e. The highest BCUT2D eigenvalue weighted by atomic mass is 19.4. The molecule has 1 aromatic carbocycles. The predicted octanol–water partition coefficient (Wildman–Crippen LogP) is 3.92. The summed E-state index contributed by atoms with van der Waals surface area (Å²) < 4.78 is 38.6. The number of para-hydroxylation sites is 1. The first-order valence-electron chi connectivity index (χ1n) is 6.57. The van der Waals surface area contributed by atoms with Crippen LogP contribution in [0.15, 0.2) is 42.0 Å². The van der Waals surface area contributed by atoms with E-state index in [-0.39, 0.29) is 5.92 Å². The number of aromatic amines is 1. The average molecular weight is 293 g/mol. The van der Waals surface area contributed by atoms with E-state index in [1.54, 1.807) is 24.3 Å². The van der Waals surface area contributed by atoms with Crippen LogP contribution in [0.25, 0.3) is 11.0 Å². The number of imidazole rings is 1. The van der Waals surface area contributed by atoms with Crippen LogP contribution in [0.5, 0.6) is 0 Å². The Kier molecular flexibility index (Phi) is 3.04. The van der Waals surface area contributed by atoms with Crippen molar-refractivity contribution >= 4 is 16.7 Å². The number of nitrogens with zero attached hydrogens (tertiary/aromatic N) is 1. The number of allylic oxidation sites excluding steroid dienone is 4. The number of nitrogen functional groups attached to an aromatic ring is 1. The summed E-state index contributed by atoms with van der Waals surface area (Å²) in [5.41, 5.74) is 7.03. The fraction of sp³-hybridized carbons (Fsp3) is 0.267. The lowest BCUT2D eigenvalue weighted by atomic mass is 9.86. The molecule has 2 unspecified atom stereocenters. The molecule has 6 heteroatoms. The molecule has 0 saturated heterocycles. The second-order valence-electron chi connectivity index (χ2n) is 5.23. The number of hydrogen-bond acceptors (Lipinski definition) is 2. The molecule has 1 heterocycles. The Morgan fingerprint density at radius 2 is 2.05 bits per heavy atom. The molecule has 1 aliphatic rings. The van der Waals surface area contributed by atoms with Crippen molar-refractivity contribution in [1.82, 2.24) is 9.97 Å². The Hall–Kier alpha value is -2.24. The highest BCUT2D eigenvalue weighted by molar-refractivity contribution is 5.87. The Morgan fingerprint density at radius 3 is 2.71 bits per heavy atom. The third-order valence-corrected chi connectivity index (χ3v) is 3.71. The lowest BCUT2D eigenvalue weighted by molar-refractivity contribution is -0.0888. The fourth-order valence-corrected chi connectivity index (χ4v) is 2.52. The molecule has 2 aromatic rings. The van der Waals surface area contributed by atoms with E-state index in [0.29, 0.717) is 17.0 Å². The second kappa shape index (κ2) is 4.65. The molecule has 3 N–H and O–H groups in total. The van der Waals surface area contributed by atoms with Crippen molar-refractivity contribution in [3.05, 3.63) is 47.8 Å². The van der Waals surface area contributed by atoms with Gasteiger partial charge >= 0.3 is 6.18 Å². The van der Waals surface area contributed by atoms with Gasteiger partial charge in [0, 0.05) is 5.92 Å². The molecule has 110 valence electrons. The number of aromatic nitrogens is 2. The zero-order valence-corrected chi connectivity index (χ0v) is 11.3. The first kappa shape index (κ1) is 13.7. The third-order valence-electron chi connectivity index (χ3n) is 3.71. The average Bonchev–Trinajstić information content (AvgIpc) is 2.83. The van der Waals surface area contributed by atoms with Gasteiger partial charge in [0.05, 0.1) is 16.8 Å². The monoisotopic (exact) mass is 293 g/mol. The highest BCUT2D eigenvalue weighted by Crippen LogP contribution is 2.37. The summed E-state index contributed by atoms with van der Waals surface area (Å²) in [5.74, 6) is -0.0159. The molecule has 0 saturated carbocycles. The molecule has 1 aliphatic carbocycles. The van der Waals surface area contributed by atoms with Crippen molar-refractivity contribution in [1.29, 1.82) is 0 Å². The van der Waals surface area contributed by atoms with Crippen molar-refractivity contribution in [2.75, 3.05) is 5.73 Å². The number of nitrogens with one attached hydrogen (secondary N) is 1. The normalized spacial score (nSPS) is 22.6. The molecule has 3 rings (SSSR count).